The first-order valence-electron chi connectivity index (χ1n) is 11.1. The number of thiophene rings is 1. The van der Waals surface area contributed by atoms with Crippen molar-refractivity contribution < 1.29 is 4.74 Å². The summed E-state index contributed by atoms with van der Waals surface area (Å²) in [4.78, 5) is 19.7. The maximum Gasteiger partial charge on any atom is 0.141 e. The summed E-state index contributed by atoms with van der Waals surface area (Å²) in [7, 11) is 0. The Balaban J connectivity index is 1.21. The van der Waals surface area contributed by atoms with E-state index >= 15 is 0 Å². The van der Waals surface area contributed by atoms with Gasteiger partial charge in [-0.25, -0.2) is 9.97 Å². The maximum absolute atomic E-state index is 6.02. The van der Waals surface area contributed by atoms with E-state index in [0.717, 1.165) is 73.0 Å². The fourth-order valence-corrected chi connectivity index (χ4v) is 5.47. The molecule has 3 aromatic heterocycles. The van der Waals surface area contributed by atoms with E-state index in [4.69, 9.17) is 9.72 Å². The van der Waals surface area contributed by atoms with Gasteiger partial charge in [-0.3, -0.25) is 4.98 Å². The highest BCUT2D eigenvalue weighted by Crippen LogP contribution is 2.38. The van der Waals surface area contributed by atoms with Crippen LogP contribution in [0.5, 0.6) is 0 Å². The van der Waals surface area contributed by atoms with E-state index in [9.17, 15) is 0 Å². The van der Waals surface area contributed by atoms with Crippen LogP contribution in [0.15, 0.2) is 36.1 Å². The van der Waals surface area contributed by atoms with Crippen LogP contribution in [0.25, 0.3) is 21.5 Å². The van der Waals surface area contributed by atoms with Crippen molar-refractivity contribution in [2.24, 2.45) is 5.92 Å². The molecule has 0 atom stereocenters. The quantitative estimate of drug-likeness (QED) is 0.534. The second kappa shape index (κ2) is 9.37. The Morgan fingerprint density at radius 2 is 1.90 bits per heavy atom. The minimum atomic E-state index is 0.648. The molecule has 2 aliphatic rings. The average Bonchev–Trinajstić information content (AvgIpc) is 3.48. The van der Waals surface area contributed by atoms with Crippen LogP contribution in [0.1, 0.15) is 25.7 Å². The number of rotatable bonds is 7. The first-order chi connectivity index (χ1) is 14.9. The third-order valence-corrected chi connectivity index (χ3v) is 7.20. The van der Waals surface area contributed by atoms with Gasteiger partial charge in [-0.15, -0.1) is 11.3 Å². The molecule has 0 aliphatic carbocycles. The van der Waals surface area contributed by atoms with E-state index in [0.29, 0.717) is 5.92 Å². The summed E-state index contributed by atoms with van der Waals surface area (Å²) >= 11 is 1.67. The lowest BCUT2D eigenvalue weighted by molar-refractivity contribution is 0.0753. The Morgan fingerprint density at radius 1 is 1.03 bits per heavy atom. The fourth-order valence-electron chi connectivity index (χ4n) is 4.57. The van der Waals surface area contributed by atoms with Crippen LogP contribution in [0.3, 0.4) is 0 Å². The number of aromatic nitrogens is 3. The summed E-state index contributed by atoms with van der Waals surface area (Å²) in [5.74, 6) is 1.70. The molecule has 0 unspecified atom stereocenters. The molecular formula is C23H29N5OS. The zero-order valence-electron chi connectivity index (χ0n) is 17.4. The predicted octanol–water partition coefficient (Wildman–Crippen LogP) is 4.08. The normalized spacial score (nSPS) is 18.5. The van der Waals surface area contributed by atoms with E-state index in [1.54, 1.807) is 17.7 Å². The molecule has 5 rings (SSSR count). The summed E-state index contributed by atoms with van der Waals surface area (Å²) < 4.78 is 6.02. The third kappa shape index (κ3) is 4.33. The number of hydrogen-bond donors (Lipinski definition) is 0. The minimum absolute atomic E-state index is 0.648. The molecule has 3 aromatic rings. The molecule has 158 valence electrons. The first-order valence-corrected chi connectivity index (χ1v) is 11.9. The molecule has 0 radical (unpaired) electrons. The van der Waals surface area contributed by atoms with Gasteiger partial charge in [0, 0.05) is 43.4 Å². The molecule has 2 fully saturated rings. The van der Waals surface area contributed by atoms with Crippen LogP contribution in [0.4, 0.5) is 5.82 Å². The highest BCUT2D eigenvalue weighted by Gasteiger charge is 2.24. The van der Waals surface area contributed by atoms with Crippen molar-refractivity contribution in [3.05, 3.63) is 36.1 Å². The van der Waals surface area contributed by atoms with Crippen LogP contribution in [0.2, 0.25) is 0 Å². The number of fused-ring (bicyclic) bond motifs is 1. The summed E-state index contributed by atoms with van der Waals surface area (Å²) in [6.45, 7) is 7.38. The number of ether oxygens (including phenoxy) is 1. The molecule has 2 aliphatic heterocycles. The lowest BCUT2D eigenvalue weighted by Crippen LogP contribution is -2.36. The van der Waals surface area contributed by atoms with E-state index in [1.807, 2.05) is 18.3 Å². The molecule has 5 heterocycles. The predicted molar refractivity (Wildman–Crippen MR) is 122 cm³/mol. The lowest BCUT2D eigenvalue weighted by atomic mass is 9.97. The van der Waals surface area contributed by atoms with Crippen molar-refractivity contribution in [3.8, 4) is 11.3 Å². The van der Waals surface area contributed by atoms with Crippen LogP contribution in [-0.4, -0.2) is 65.8 Å². The molecule has 0 bridgehead atoms. The Hall–Kier alpha value is -2.09. The zero-order valence-corrected chi connectivity index (χ0v) is 18.2. The van der Waals surface area contributed by atoms with Gasteiger partial charge in [-0.1, -0.05) is 6.07 Å². The van der Waals surface area contributed by atoms with E-state index in [-0.39, 0.29) is 0 Å². The highest BCUT2D eigenvalue weighted by molar-refractivity contribution is 7.17. The minimum Gasteiger partial charge on any atom is -0.380 e. The summed E-state index contributed by atoms with van der Waals surface area (Å²) in [6, 6.07) is 6.04. The monoisotopic (exact) mass is 423 g/mol. The standard InChI is InChI=1S/C23H29N5OS/c1-2-8-24-20(5-1)19-16-30-23-21(19)22(25-17-26-23)28-11-6-18(7-12-28)15-29-14-13-27-9-3-4-10-27/h1-2,5,8,16-18H,3-4,6-7,9-15H2. The molecule has 0 saturated carbocycles. The number of anilines is 1. The number of hydrogen-bond acceptors (Lipinski definition) is 7. The molecule has 2 saturated heterocycles. The average molecular weight is 424 g/mol. The number of nitrogens with zero attached hydrogens (tertiary/aromatic N) is 5. The van der Waals surface area contributed by atoms with E-state index < -0.39 is 0 Å². The van der Waals surface area contributed by atoms with Crippen LogP contribution >= 0.6 is 11.3 Å². The van der Waals surface area contributed by atoms with Crippen molar-refractivity contribution >= 4 is 27.4 Å². The second-order valence-electron chi connectivity index (χ2n) is 8.30. The van der Waals surface area contributed by atoms with Gasteiger partial charge in [-0.2, -0.15) is 0 Å². The van der Waals surface area contributed by atoms with Crippen molar-refractivity contribution in [3.63, 3.8) is 0 Å². The van der Waals surface area contributed by atoms with Gasteiger partial charge in [0.15, 0.2) is 0 Å². The van der Waals surface area contributed by atoms with Crippen molar-refractivity contribution in [2.45, 2.75) is 25.7 Å². The summed E-state index contributed by atoms with van der Waals surface area (Å²) in [6.07, 6.45) is 8.54. The molecule has 0 spiro atoms. The molecule has 30 heavy (non-hydrogen) atoms. The van der Waals surface area contributed by atoms with Gasteiger partial charge < -0.3 is 14.5 Å². The molecule has 7 heteroatoms. The van der Waals surface area contributed by atoms with Gasteiger partial charge in [-0.05, 0) is 56.8 Å². The van der Waals surface area contributed by atoms with Gasteiger partial charge in [0.05, 0.1) is 17.7 Å². The molecule has 0 aromatic carbocycles. The molecular weight excluding hydrogens is 394 g/mol. The third-order valence-electron chi connectivity index (χ3n) is 6.31. The SMILES string of the molecule is c1ccc(-c2csc3ncnc(N4CCC(COCCN5CCCC5)CC4)c23)nc1. The van der Waals surface area contributed by atoms with Crippen molar-refractivity contribution in [1.29, 1.82) is 0 Å². The van der Waals surface area contributed by atoms with Crippen molar-refractivity contribution in [2.75, 3.05) is 50.8 Å². The summed E-state index contributed by atoms with van der Waals surface area (Å²) in [5.41, 5.74) is 2.12. The van der Waals surface area contributed by atoms with Gasteiger partial charge in [0.1, 0.15) is 17.0 Å². The molecule has 6 nitrogen and oxygen atoms in total. The number of piperidine rings is 1. The fraction of sp³-hybridized carbons (Fsp3) is 0.522. The Kier molecular flexibility index (Phi) is 6.20. The number of likely N-dealkylation sites (tertiary alicyclic amines) is 1. The van der Waals surface area contributed by atoms with Crippen LogP contribution in [-0.2, 0) is 4.74 Å². The molecule has 0 N–H and O–H groups in total. The van der Waals surface area contributed by atoms with Gasteiger partial charge in [0.2, 0.25) is 0 Å². The summed E-state index contributed by atoms with van der Waals surface area (Å²) in [5, 5.41) is 3.30. The second-order valence-corrected chi connectivity index (χ2v) is 9.15. The molecule has 0 amide bonds. The first kappa shape index (κ1) is 19.8. The zero-order chi connectivity index (χ0) is 20.2. The Morgan fingerprint density at radius 3 is 2.70 bits per heavy atom. The smallest absolute Gasteiger partial charge is 0.141 e. The van der Waals surface area contributed by atoms with Crippen LogP contribution < -0.4 is 4.90 Å². The Labute approximate surface area is 181 Å². The lowest BCUT2D eigenvalue weighted by Gasteiger charge is -2.33. The number of pyridine rings is 1. The van der Waals surface area contributed by atoms with Crippen LogP contribution in [0, 0.1) is 5.92 Å². The topological polar surface area (TPSA) is 54.4 Å². The Bertz CT molecular complexity index is 949. The van der Waals surface area contributed by atoms with E-state index in [1.165, 1.54) is 25.9 Å². The van der Waals surface area contributed by atoms with Gasteiger partial charge >= 0.3 is 0 Å². The van der Waals surface area contributed by atoms with Crippen molar-refractivity contribution in [1.82, 2.24) is 19.9 Å². The van der Waals surface area contributed by atoms with Gasteiger partial charge in [0.25, 0.3) is 0 Å². The largest absolute Gasteiger partial charge is 0.380 e. The maximum atomic E-state index is 6.02. The van der Waals surface area contributed by atoms with E-state index in [2.05, 4.69) is 31.2 Å². The highest BCUT2D eigenvalue weighted by atomic mass is 32.1.